The number of hydrogen-bond acceptors (Lipinski definition) is 6. The van der Waals surface area contributed by atoms with Gasteiger partial charge in [-0.05, 0) is 26.0 Å². The maximum Gasteiger partial charge on any atom is 0.245 e. The first kappa shape index (κ1) is 18.0. The molecule has 1 aromatic heterocycles. The van der Waals surface area contributed by atoms with Crippen LogP contribution in [0.5, 0.6) is 5.75 Å². The molecule has 1 heterocycles. The number of sulfonamides is 1. The van der Waals surface area contributed by atoms with E-state index in [2.05, 4.69) is 15.2 Å². The van der Waals surface area contributed by atoms with E-state index in [1.54, 1.807) is 31.2 Å². The fourth-order valence-electron chi connectivity index (χ4n) is 2.15. The van der Waals surface area contributed by atoms with Gasteiger partial charge in [-0.1, -0.05) is 11.2 Å². The topological polar surface area (TPSA) is 111 Å². The summed E-state index contributed by atoms with van der Waals surface area (Å²) in [5.74, 6) is 0.512. The number of methoxy groups -OCH3 is 1. The van der Waals surface area contributed by atoms with Gasteiger partial charge >= 0.3 is 0 Å². The van der Waals surface area contributed by atoms with Crippen LogP contribution < -0.4 is 14.8 Å². The lowest BCUT2D eigenvalue weighted by atomic mass is 10.3. The van der Waals surface area contributed by atoms with Gasteiger partial charge < -0.3 is 14.6 Å². The maximum atomic E-state index is 12.2. The number of carbonyl (C=O) groups excluding carboxylic acids is 1. The molecule has 0 saturated carbocycles. The van der Waals surface area contributed by atoms with Crippen LogP contribution in [-0.2, 0) is 14.8 Å². The highest BCUT2D eigenvalue weighted by molar-refractivity contribution is 7.89. The van der Waals surface area contributed by atoms with Gasteiger partial charge in [-0.2, -0.15) is 0 Å². The second-order valence-corrected chi connectivity index (χ2v) is 6.78. The van der Waals surface area contributed by atoms with Gasteiger partial charge in [-0.15, -0.1) is 0 Å². The molecule has 2 rings (SSSR count). The summed E-state index contributed by atoms with van der Waals surface area (Å²) in [6.07, 6.45) is -0.0141. The van der Waals surface area contributed by atoms with Crippen LogP contribution in [-0.4, -0.2) is 33.1 Å². The minimum absolute atomic E-state index is 0.00991. The molecule has 9 heteroatoms. The molecular weight excluding hydrogens is 334 g/mol. The molecule has 130 valence electrons. The lowest BCUT2D eigenvalue weighted by molar-refractivity contribution is -0.116. The first-order chi connectivity index (χ1) is 11.3. The normalized spacial score (nSPS) is 11.3. The van der Waals surface area contributed by atoms with E-state index in [0.717, 1.165) is 0 Å². The highest BCUT2D eigenvalue weighted by Crippen LogP contribution is 2.19. The van der Waals surface area contributed by atoms with Gasteiger partial charge in [0.05, 0.1) is 7.11 Å². The van der Waals surface area contributed by atoms with Crippen molar-refractivity contribution in [3.8, 4) is 5.75 Å². The van der Waals surface area contributed by atoms with Crippen LogP contribution in [0, 0.1) is 13.8 Å². The number of nitrogens with zero attached hydrogens (tertiary/aromatic N) is 1. The summed E-state index contributed by atoms with van der Waals surface area (Å²) in [6, 6.07) is 6.89. The zero-order chi connectivity index (χ0) is 17.7. The Morgan fingerprint density at radius 2 is 2.08 bits per heavy atom. The Morgan fingerprint density at radius 1 is 1.33 bits per heavy atom. The molecule has 1 amide bonds. The number of amides is 1. The Labute approximate surface area is 140 Å². The van der Waals surface area contributed by atoms with Crippen molar-refractivity contribution in [3.05, 3.63) is 35.7 Å². The number of benzene rings is 1. The molecule has 0 aliphatic carbocycles. The summed E-state index contributed by atoms with van der Waals surface area (Å²) >= 11 is 0. The molecule has 0 unspecified atom stereocenters. The van der Waals surface area contributed by atoms with Crippen molar-refractivity contribution in [1.82, 2.24) is 9.88 Å². The van der Waals surface area contributed by atoms with E-state index < -0.39 is 10.0 Å². The van der Waals surface area contributed by atoms with Crippen LogP contribution in [0.15, 0.2) is 33.7 Å². The molecule has 2 aromatic rings. The van der Waals surface area contributed by atoms with Crippen molar-refractivity contribution in [2.45, 2.75) is 25.2 Å². The fourth-order valence-corrected chi connectivity index (χ4v) is 3.51. The van der Waals surface area contributed by atoms with Crippen molar-refractivity contribution in [3.63, 3.8) is 0 Å². The van der Waals surface area contributed by atoms with Crippen molar-refractivity contribution in [1.29, 1.82) is 0 Å². The number of rotatable bonds is 7. The van der Waals surface area contributed by atoms with E-state index >= 15 is 0 Å². The highest BCUT2D eigenvalue weighted by atomic mass is 32.2. The first-order valence-corrected chi connectivity index (χ1v) is 8.68. The van der Waals surface area contributed by atoms with Gasteiger partial charge in [0.25, 0.3) is 0 Å². The van der Waals surface area contributed by atoms with Gasteiger partial charge in [-0.25, -0.2) is 13.1 Å². The second kappa shape index (κ2) is 7.45. The molecular formula is C15H19N3O5S. The monoisotopic (exact) mass is 353 g/mol. The van der Waals surface area contributed by atoms with Gasteiger partial charge in [0.2, 0.25) is 15.9 Å². The third-order valence-corrected chi connectivity index (χ3v) is 4.94. The quantitative estimate of drug-likeness (QED) is 0.782. The van der Waals surface area contributed by atoms with E-state index in [1.165, 1.54) is 14.0 Å². The van der Waals surface area contributed by atoms with Crippen LogP contribution >= 0.6 is 0 Å². The number of ether oxygens (including phenoxy) is 1. The molecule has 1 aromatic carbocycles. The van der Waals surface area contributed by atoms with Gasteiger partial charge in [0, 0.05) is 24.7 Å². The van der Waals surface area contributed by atoms with E-state index in [0.29, 0.717) is 11.4 Å². The molecule has 0 aliphatic heterocycles. The zero-order valence-electron chi connectivity index (χ0n) is 13.6. The van der Waals surface area contributed by atoms with Crippen LogP contribution in [0.2, 0.25) is 0 Å². The lowest BCUT2D eigenvalue weighted by Crippen LogP contribution is -2.28. The first-order valence-electron chi connectivity index (χ1n) is 7.20. The number of carbonyl (C=O) groups is 1. The smallest absolute Gasteiger partial charge is 0.245 e. The zero-order valence-corrected chi connectivity index (χ0v) is 14.4. The summed E-state index contributed by atoms with van der Waals surface area (Å²) in [4.78, 5) is 11.9. The SMILES string of the molecule is COc1cccc(NC(=O)CCNS(=O)(=O)c2c(C)noc2C)c1. The van der Waals surface area contributed by atoms with Crippen molar-refractivity contribution < 1.29 is 22.5 Å². The predicted molar refractivity (Wildman–Crippen MR) is 87.4 cm³/mol. The molecule has 0 aliphatic rings. The Bertz CT molecular complexity index is 810. The van der Waals surface area contributed by atoms with Crippen LogP contribution in [0.1, 0.15) is 17.9 Å². The second-order valence-electron chi connectivity index (χ2n) is 5.08. The molecule has 0 fully saturated rings. The van der Waals surface area contributed by atoms with Gasteiger partial charge in [-0.3, -0.25) is 4.79 Å². The van der Waals surface area contributed by atoms with E-state index in [-0.39, 0.29) is 35.2 Å². The van der Waals surface area contributed by atoms with Crippen LogP contribution in [0.4, 0.5) is 5.69 Å². The summed E-state index contributed by atoms with van der Waals surface area (Å²) in [7, 11) is -2.23. The molecule has 0 saturated heterocycles. The number of aromatic nitrogens is 1. The highest BCUT2D eigenvalue weighted by Gasteiger charge is 2.23. The van der Waals surface area contributed by atoms with Crippen molar-refractivity contribution in [2.24, 2.45) is 0 Å². The number of hydrogen-bond donors (Lipinski definition) is 2. The summed E-state index contributed by atoms with van der Waals surface area (Å²) in [6.45, 7) is 3.02. The summed E-state index contributed by atoms with van der Waals surface area (Å²) in [5, 5.41) is 6.29. The van der Waals surface area contributed by atoms with E-state index in [1.807, 2.05) is 0 Å². The fraction of sp³-hybridized carbons (Fsp3) is 0.333. The maximum absolute atomic E-state index is 12.2. The minimum Gasteiger partial charge on any atom is -0.497 e. The lowest BCUT2D eigenvalue weighted by Gasteiger charge is -2.08. The van der Waals surface area contributed by atoms with Crippen molar-refractivity contribution in [2.75, 3.05) is 19.0 Å². The van der Waals surface area contributed by atoms with E-state index in [4.69, 9.17) is 9.26 Å². The average Bonchev–Trinajstić information content (AvgIpc) is 2.87. The van der Waals surface area contributed by atoms with Crippen LogP contribution in [0.3, 0.4) is 0 Å². The molecule has 0 bridgehead atoms. The number of aryl methyl sites for hydroxylation is 2. The molecule has 8 nitrogen and oxygen atoms in total. The number of nitrogens with one attached hydrogen (secondary N) is 2. The third-order valence-electron chi connectivity index (χ3n) is 3.23. The van der Waals surface area contributed by atoms with Gasteiger partial charge in [0.1, 0.15) is 16.3 Å². The molecule has 24 heavy (non-hydrogen) atoms. The van der Waals surface area contributed by atoms with Crippen LogP contribution in [0.25, 0.3) is 0 Å². The van der Waals surface area contributed by atoms with Crippen molar-refractivity contribution >= 4 is 21.6 Å². The average molecular weight is 353 g/mol. The Balaban J connectivity index is 1.90. The standard InChI is InChI=1S/C15H19N3O5S/c1-10-15(11(2)23-18-10)24(20,21)16-8-7-14(19)17-12-5-4-6-13(9-12)22-3/h4-6,9,16H,7-8H2,1-3H3,(H,17,19). The summed E-state index contributed by atoms with van der Waals surface area (Å²) in [5.41, 5.74) is 0.855. The summed E-state index contributed by atoms with van der Waals surface area (Å²) < 4.78 is 36.7. The Hall–Kier alpha value is -2.39. The van der Waals surface area contributed by atoms with E-state index in [9.17, 15) is 13.2 Å². The Morgan fingerprint density at radius 3 is 2.71 bits per heavy atom. The minimum atomic E-state index is -3.76. The number of anilines is 1. The predicted octanol–water partition coefficient (Wildman–Crippen LogP) is 1.61. The molecule has 2 N–H and O–H groups in total. The molecule has 0 radical (unpaired) electrons. The largest absolute Gasteiger partial charge is 0.497 e. The molecule has 0 spiro atoms. The molecule has 0 atom stereocenters. The van der Waals surface area contributed by atoms with Gasteiger partial charge in [0.15, 0.2) is 5.76 Å². The third kappa shape index (κ3) is 4.33. The Kier molecular flexibility index (Phi) is 5.58.